The lowest BCUT2D eigenvalue weighted by molar-refractivity contribution is -0.127. The lowest BCUT2D eigenvalue weighted by atomic mass is 10.0. The van der Waals surface area contributed by atoms with Crippen LogP contribution in [0.3, 0.4) is 0 Å². The Morgan fingerprint density at radius 3 is 2.29 bits per heavy atom. The van der Waals surface area contributed by atoms with Crippen molar-refractivity contribution in [3.05, 3.63) is 126 Å². The van der Waals surface area contributed by atoms with Crippen LogP contribution in [-0.2, 0) is 22.6 Å². The minimum Gasteiger partial charge on any atom is -0.497 e. The topological polar surface area (TPSA) is 118 Å². The molecule has 0 bridgehead atoms. The minimum absolute atomic E-state index is 0.157. The molecule has 228 valence electrons. The molecule has 0 aliphatic carbocycles. The summed E-state index contributed by atoms with van der Waals surface area (Å²) in [4.78, 5) is 41.3. The number of hydrogen-bond donors (Lipinski definition) is 2. The van der Waals surface area contributed by atoms with Gasteiger partial charge in [0.1, 0.15) is 24.0 Å². The van der Waals surface area contributed by atoms with E-state index in [1.54, 1.807) is 62.8 Å². The van der Waals surface area contributed by atoms with Crippen molar-refractivity contribution in [1.29, 1.82) is 0 Å². The monoisotopic (exact) mass is 602 g/mol. The molecule has 0 fully saturated rings. The molecule has 45 heavy (non-hydrogen) atoms. The normalized spacial score (nSPS) is 11.4. The number of carbonyl (C=O) groups excluding carboxylic acids is 3. The zero-order valence-corrected chi connectivity index (χ0v) is 25.3. The minimum atomic E-state index is -0.826. The maximum Gasteiger partial charge on any atom is 0.255 e. The molecule has 10 nitrogen and oxygen atoms in total. The third-order valence-electron chi connectivity index (χ3n) is 7.32. The van der Waals surface area contributed by atoms with Gasteiger partial charge in [-0.2, -0.15) is 0 Å². The Hall–Kier alpha value is -5.77. The van der Waals surface area contributed by atoms with Crippen molar-refractivity contribution in [1.82, 2.24) is 20.3 Å². The number of methoxy groups -OCH3 is 1. The van der Waals surface area contributed by atoms with E-state index in [9.17, 15) is 14.4 Å². The fourth-order valence-electron chi connectivity index (χ4n) is 4.82. The molecule has 1 atom stereocenters. The van der Waals surface area contributed by atoms with Crippen LogP contribution < -0.4 is 20.3 Å². The van der Waals surface area contributed by atoms with Gasteiger partial charge in [0.25, 0.3) is 5.91 Å². The first kappa shape index (κ1) is 30.7. The highest BCUT2D eigenvalue weighted by molar-refractivity contribution is 6.06. The lowest BCUT2D eigenvalue weighted by Crippen LogP contribution is -2.49. The van der Waals surface area contributed by atoms with Crippen molar-refractivity contribution in [2.24, 2.45) is 0 Å². The SMILES string of the molecule is COc1ccc(N(C)C(=O)C(Cc2ccccc2)NC(=O)Cn2cc(-c3ccccc3NC(=O)c3ccc(C)cc3)nn2)cc1. The molecule has 5 rings (SSSR count). The van der Waals surface area contributed by atoms with Gasteiger partial charge in [0.05, 0.1) is 19.0 Å². The first-order chi connectivity index (χ1) is 21.8. The molecule has 1 aromatic heterocycles. The summed E-state index contributed by atoms with van der Waals surface area (Å²) in [6.07, 6.45) is 1.94. The maximum atomic E-state index is 13.6. The molecule has 10 heteroatoms. The summed E-state index contributed by atoms with van der Waals surface area (Å²) in [5, 5.41) is 14.2. The van der Waals surface area contributed by atoms with Gasteiger partial charge in [0.15, 0.2) is 0 Å². The zero-order valence-electron chi connectivity index (χ0n) is 25.3. The molecular weight excluding hydrogens is 568 g/mol. The van der Waals surface area contributed by atoms with Crippen molar-refractivity contribution in [2.45, 2.75) is 25.9 Å². The van der Waals surface area contributed by atoms with Crippen LogP contribution in [0.2, 0.25) is 0 Å². The summed E-state index contributed by atoms with van der Waals surface area (Å²) in [6.45, 7) is 1.80. The summed E-state index contributed by atoms with van der Waals surface area (Å²) >= 11 is 0. The van der Waals surface area contributed by atoms with Crippen LogP contribution in [0.1, 0.15) is 21.5 Å². The largest absolute Gasteiger partial charge is 0.497 e. The van der Waals surface area contributed by atoms with E-state index in [-0.39, 0.29) is 18.4 Å². The van der Waals surface area contributed by atoms with E-state index < -0.39 is 11.9 Å². The second-order valence-corrected chi connectivity index (χ2v) is 10.6. The Labute approximate surface area is 261 Å². The molecule has 1 heterocycles. The van der Waals surface area contributed by atoms with E-state index >= 15 is 0 Å². The molecule has 0 aliphatic rings. The number of aromatic nitrogens is 3. The van der Waals surface area contributed by atoms with Gasteiger partial charge in [-0.1, -0.05) is 71.4 Å². The number of nitrogens with one attached hydrogen (secondary N) is 2. The van der Waals surface area contributed by atoms with Gasteiger partial charge in [-0.15, -0.1) is 5.10 Å². The van der Waals surface area contributed by atoms with Crippen molar-refractivity contribution in [3.63, 3.8) is 0 Å². The fraction of sp³-hybridized carbons (Fsp3) is 0.171. The van der Waals surface area contributed by atoms with Crippen molar-refractivity contribution in [3.8, 4) is 17.0 Å². The average molecular weight is 603 g/mol. The number of aryl methyl sites for hydroxylation is 1. The highest BCUT2D eigenvalue weighted by Gasteiger charge is 2.26. The number of anilines is 2. The molecule has 0 radical (unpaired) electrons. The molecule has 0 saturated carbocycles. The van der Waals surface area contributed by atoms with Gasteiger partial charge in [-0.25, -0.2) is 4.68 Å². The first-order valence-corrected chi connectivity index (χ1v) is 14.4. The molecule has 4 aromatic carbocycles. The van der Waals surface area contributed by atoms with Crippen molar-refractivity contribution >= 4 is 29.1 Å². The predicted molar refractivity (Wildman–Crippen MR) is 173 cm³/mol. The maximum absolute atomic E-state index is 13.6. The van der Waals surface area contributed by atoms with Gasteiger partial charge >= 0.3 is 0 Å². The van der Waals surface area contributed by atoms with Crippen molar-refractivity contribution in [2.75, 3.05) is 24.4 Å². The predicted octanol–water partition coefficient (Wildman–Crippen LogP) is 4.90. The Morgan fingerprint density at radius 2 is 1.58 bits per heavy atom. The van der Waals surface area contributed by atoms with Crippen molar-refractivity contribution < 1.29 is 19.1 Å². The molecule has 3 amide bonds. The standard InChI is InChI=1S/C35H34N6O4/c1-24-13-15-26(16-14-24)34(43)37-30-12-8-7-11-29(30)32-22-41(39-38-32)23-33(42)36-31(21-25-9-5-4-6-10-25)35(44)40(2)27-17-19-28(45-3)20-18-27/h4-20,22,31H,21,23H2,1-3H3,(H,36,42)(H,37,43). The van der Waals surface area contributed by atoms with Crippen LogP contribution in [0.25, 0.3) is 11.3 Å². The van der Waals surface area contributed by atoms with E-state index in [0.717, 1.165) is 11.1 Å². The Balaban J connectivity index is 1.29. The summed E-state index contributed by atoms with van der Waals surface area (Å²) in [5.74, 6) is -0.236. The molecule has 0 spiro atoms. The van der Waals surface area contributed by atoms with Gasteiger partial charge < -0.3 is 20.3 Å². The van der Waals surface area contributed by atoms with Crippen LogP contribution >= 0.6 is 0 Å². The number of rotatable bonds is 11. The van der Waals surface area contributed by atoms with E-state index in [1.165, 1.54) is 9.58 Å². The second-order valence-electron chi connectivity index (χ2n) is 10.6. The van der Waals surface area contributed by atoms with Gasteiger partial charge in [0, 0.05) is 30.3 Å². The molecular formula is C35H34N6O4. The van der Waals surface area contributed by atoms with E-state index in [2.05, 4.69) is 20.9 Å². The number of hydrogen-bond acceptors (Lipinski definition) is 6. The lowest BCUT2D eigenvalue weighted by Gasteiger charge is -2.25. The number of para-hydroxylation sites is 1. The Kier molecular flexibility index (Phi) is 9.64. The first-order valence-electron chi connectivity index (χ1n) is 14.4. The molecule has 0 saturated heterocycles. The number of likely N-dealkylation sites (N-methyl/N-ethyl adjacent to an activating group) is 1. The smallest absolute Gasteiger partial charge is 0.255 e. The number of carbonyl (C=O) groups is 3. The Bertz CT molecular complexity index is 1770. The van der Waals surface area contributed by atoms with Gasteiger partial charge in [-0.05, 0) is 55.0 Å². The summed E-state index contributed by atoms with van der Waals surface area (Å²) in [7, 11) is 3.25. The second kappa shape index (κ2) is 14.1. The third-order valence-corrected chi connectivity index (χ3v) is 7.32. The summed E-state index contributed by atoms with van der Waals surface area (Å²) in [5.41, 5.74) is 4.88. The zero-order chi connectivity index (χ0) is 31.8. The van der Waals surface area contributed by atoms with Crippen LogP contribution in [0.5, 0.6) is 5.75 Å². The molecule has 2 N–H and O–H groups in total. The average Bonchev–Trinajstić information content (AvgIpc) is 3.52. The summed E-state index contributed by atoms with van der Waals surface area (Å²) in [6, 6.07) is 30.4. The fourth-order valence-corrected chi connectivity index (χ4v) is 4.82. The Morgan fingerprint density at radius 1 is 0.889 bits per heavy atom. The van der Waals surface area contributed by atoms with Gasteiger partial charge in [-0.3, -0.25) is 14.4 Å². The van der Waals surface area contributed by atoms with E-state index in [0.29, 0.717) is 40.4 Å². The number of amides is 3. The van der Waals surface area contributed by atoms with Crippen LogP contribution in [0.4, 0.5) is 11.4 Å². The van der Waals surface area contributed by atoms with E-state index in [4.69, 9.17) is 4.74 Å². The quantitative estimate of drug-likeness (QED) is 0.222. The van der Waals surface area contributed by atoms with Crippen LogP contribution in [-0.4, -0.2) is 52.9 Å². The number of benzene rings is 4. The highest BCUT2D eigenvalue weighted by Crippen LogP contribution is 2.26. The molecule has 5 aromatic rings. The molecule has 0 aliphatic heterocycles. The van der Waals surface area contributed by atoms with E-state index in [1.807, 2.05) is 67.6 Å². The number of ether oxygens (including phenoxy) is 1. The number of nitrogens with zero attached hydrogens (tertiary/aromatic N) is 4. The van der Waals surface area contributed by atoms with Gasteiger partial charge in [0.2, 0.25) is 11.8 Å². The third kappa shape index (κ3) is 7.80. The summed E-state index contributed by atoms with van der Waals surface area (Å²) < 4.78 is 6.63. The van der Waals surface area contributed by atoms with Crippen LogP contribution in [0, 0.1) is 6.92 Å². The highest BCUT2D eigenvalue weighted by atomic mass is 16.5. The molecule has 1 unspecified atom stereocenters. The van der Waals surface area contributed by atoms with Crippen LogP contribution in [0.15, 0.2) is 109 Å².